The van der Waals surface area contributed by atoms with Gasteiger partial charge in [0.1, 0.15) is 0 Å². The van der Waals surface area contributed by atoms with Gasteiger partial charge in [-0.1, -0.05) is 28.1 Å². The van der Waals surface area contributed by atoms with Crippen molar-refractivity contribution >= 4 is 33.3 Å². The zero-order valence-corrected chi connectivity index (χ0v) is 12.7. The molecule has 1 fully saturated rings. The van der Waals surface area contributed by atoms with Crippen LogP contribution in [0.5, 0.6) is 0 Å². The monoisotopic (exact) mass is 321 g/mol. The van der Waals surface area contributed by atoms with Crippen LogP contribution < -0.4 is 4.90 Å². The molecule has 1 saturated carbocycles. The van der Waals surface area contributed by atoms with E-state index in [1.807, 2.05) is 36.9 Å². The molecule has 1 aromatic carbocycles. The zero-order valence-electron chi connectivity index (χ0n) is 11.1. The van der Waals surface area contributed by atoms with Crippen molar-refractivity contribution in [1.82, 2.24) is 0 Å². The van der Waals surface area contributed by atoms with Gasteiger partial charge in [0.25, 0.3) is 0 Å². The number of amides is 1. The number of halogens is 1. The highest BCUT2D eigenvalue weighted by Gasteiger charge is 2.49. The van der Waals surface area contributed by atoms with Crippen LogP contribution in [0, 0.1) is 0 Å². The van der Waals surface area contributed by atoms with Crippen molar-refractivity contribution in [2.45, 2.75) is 38.1 Å². The average molecular weight is 322 g/mol. The molecule has 100 valence electrons. The SMILES string of the molecule is CC1(C)C(=O)N(C2CC2)c2cc(C(=O)CBr)ccc21. The van der Waals surface area contributed by atoms with Gasteiger partial charge in [0, 0.05) is 17.3 Å². The van der Waals surface area contributed by atoms with Gasteiger partial charge in [0.2, 0.25) is 5.91 Å². The Balaban J connectivity index is 2.12. The summed E-state index contributed by atoms with van der Waals surface area (Å²) in [6.07, 6.45) is 2.13. The maximum absolute atomic E-state index is 12.5. The predicted octanol–water partition coefficient (Wildman–Crippen LogP) is 3.05. The molecular weight excluding hydrogens is 306 g/mol. The second kappa shape index (κ2) is 4.17. The summed E-state index contributed by atoms with van der Waals surface area (Å²) in [6, 6.07) is 5.98. The van der Waals surface area contributed by atoms with Crippen molar-refractivity contribution in [2.24, 2.45) is 0 Å². The lowest BCUT2D eigenvalue weighted by atomic mass is 9.85. The van der Waals surface area contributed by atoms with Crippen molar-refractivity contribution in [2.75, 3.05) is 10.2 Å². The number of fused-ring (bicyclic) bond motifs is 1. The van der Waals surface area contributed by atoms with Crippen molar-refractivity contribution in [1.29, 1.82) is 0 Å². The van der Waals surface area contributed by atoms with Gasteiger partial charge in [0.05, 0.1) is 10.7 Å². The standard InChI is InChI=1S/C15H16BrNO2/c1-15(2)11-6-3-9(13(18)8-16)7-12(11)17(14(15)19)10-4-5-10/h3,6-7,10H,4-5,8H2,1-2H3. The summed E-state index contributed by atoms with van der Waals surface area (Å²) < 4.78 is 0. The highest BCUT2D eigenvalue weighted by molar-refractivity contribution is 9.09. The molecule has 0 aromatic heterocycles. The summed E-state index contributed by atoms with van der Waals surface area (Å²) in [6.45, 7) is 3.92. The van der Waals surface area contributed by atoms with Crippen LogP contribution >= 0.6 is 15.9 Å². The van der Waals surface area contributed by atoms with E-state index in [-0.39, 0.29) is 11.7 Å². The second-order valence-electron chi connectivity index (χ2n) is 5.82. The Labute approximate surface area is 121 Å². The Morgan fingerprint density at radius 3 is 2.68 bits per heavy atom. The normalized spacial score (nSPS) is 20.6. The third-order valence-corrected chi connectivity index (χ3v) is 4.55. The minimum absolute atomic E-state index is 0.0516. The molecular formula is C15H16BrNO2. The number of hydrogen-bond donors (Lipinski definition) is 0. The molecule has 0 radical (unpaired) electrons. The van der Waals surface area contributed by atoms with Gasteiger partial charge in [-0.2, -0.15) is 0 Å². The van der Waals surface area contributed by atoms with E-state index in [9.17, 15) is 9.59 Å². The molecule has 0 atom stereocenters. The summed E-state index contributed by atoms with van der Waals surface area (Å²) >= 11 is 3.19. The smallest absolute Gasteiger partial charge is 0.237 e. The molecule has 1 amide bonds. The number of carbonyl (C=O) groups is 2. The van der Waals surface area contributed by atoms with Crippen LogP contribution in [0.15, 0.2) is 18.2 Å². The average Bonchev–Trinajstić information content (AvgIpc) is 3.19. The van der Waals surface area contributed by atoms with Crippen molar-refractivity contribution in [3.05, 3.63) is 29.3 Å². The van der Waals surface area contributed by atoms with E-state index >= 15 is 0 Å². The minimum Gasteiger partial charge on any atom is -0.308 e. The number of benzene rings is 1. The third-order valence-electron chi connectivity index (χ3n) is 4.04. The first-order chi connectivity index (χ1) is 8.96. The summed E-state index contributed by atoms with van der Waals surface area (Å²) in [7, 11) is 0. The van der Waals surface area contributed by atoms with Crippen molar-refractivity contribution in [3.8, 4) is 0 Å². The van der Waals surface area contributed by atoms with Crippen molar-refractivity contribution in [3.63, 3.8) is 0 Å². The van der Waals surface area contributed by atoms with Gasteiger partial charge in [-0.05, 0) is 38.3 Å². The lowest BCUT2D eigenvalue weighted by molar-refractivity contribution is -0.122. The molecule has 0 unspecified atom stereocenters. The topological polar surface area (TPSA) is 37.4 Å². The largest absolute Gasteiger partial charge is 0.308 e. The number of ketones is 1. The highest BCUT2D eigenvalue weighted by atomic mass is 79.9. The van der Waals surface area contributed by atoms with Crippen LogP contribution in [0.1, 0.15) is 42.6 Å². The predicted molar refractivity (Wildman–Crippen MR) is 78.1 cm³/mol. The van der Waals surface area contributed by atoms with E-state index in [4.69, 9.17) is 0 Å². The van der Waals surface area contributed by atoms with Gasteiger partial charge in [-0.15, -0.1) is 0 Å². The Bertz CT molecular complexity index is 576. The molecule has 1 aliphatic carbocycles. The Kier molecular flexibility index (Phi) is 2.82. The fourth-order valence-electron chi connectivity index (χ4n) is 2.73. The maximum Gasteiger partial charge on any atom is 0.237 e. The molecule has 1 aromatic rings. The van der Waals surface area contributed by atoms with E-state index in [0.29, 0.717) is 16.9 Å². The van der Waals surface area contributed by atoms with Gasteiger partial charge < -0.3 is 4.90 Å². The lowest BCUT2D eigenvalue weighted by Crippen LogP contribution is -2.37. The molecule has 19 heavy (non-hydrogen) atoms. The fourth-order valence-corrected chi connectivity index (χ4v) is 3.05. The molecule has 0 N–H and O–H groups in total. The molecule has 0 spiro atoms. The number of rotatable bonds is 3. The molecule has 0 bridgehead atoms. The summed E-state index contributed by atoms with van der Waals surface area (Å²) in [5.41, 5.74) is 2.17. The number of hydrogen-bond acceptors (Lipinski definition) is 2. The van der Waals surface area contributed by atoms with Gasteiger partial charge in [-0.3, -0.25) is 9.59 Å². The molecule has 1 heterocycles. The van der Waals surface area contributed by atoms with E-state index < -0.39 is 5.41 Å². The highest BCUT2D eigenvalue weighted by Crippen LogP contribution is 2.46. The van der Waals surface area contributed by atoms with E-state index in [1.54, 1.807) is 0 Å². The molecule has 3 nitrogen and oxygen atoms in total. The first-order valence-electron chi connectivity index (χ1n) is 6.54. The van der Waals surface area contributed by atoms with E-state index in [1.165, 1.54) is 0 Å². The molecule has 2 aliphatic rings. The number of alkyl halides is 1. The van der Waals surface area contributed by atoms with Crippen LogP contribution in [-0.2, 0) is 10.2 Å². The maximum atomic E-state index is 12.5. The summed E-state index contributed by atoms with van der Waals surface area (Å²) in [5, 5.41) is 0.312. The third kappa shape index (κ3) is 1.84. The van der Waals surface area contributed by atoms with Gasteiger partial charge in [-0.25, -0.2) is 0 Å². The number of Topliss-reactive ketones (excluding diaryl/α,β-unsaturated/α-hetero) is 1. The quantitative estimate of drug-likeness (QED) is 0.634. The Morgan fingerprint density at radius 1 is 1.42 bits per heavy atom. The fraction of sp³-hybridized carbons (Fsp3) is 0.467. The van der Waals surface area contributed by atoms with Crippen molar-refractivity contribution < 1.29 is 9.59 Å². The van der Waals surface area contributed by atoms with Crippen LogP contribution in [0.25, 0.3) is 0 Å². The molecule has 4 heteroatoms. The molecule has 0 saturated heterocycles. The molecule has 3 rings (SSSR count). The van der Waals surface area contributed by atoms with E-state index in [0.717, 1.165) is 24.1 Å². The Hall–Kier alpha value is -1.16. The molecule has 1 aliphatic heterocycles. The van der Waals surface area contributed by atoms with Gasteiger partial charge >= 0.3 is 0 Å². The number of anilines is 1. The van der Waals surface area contributed by atoms with Crippen LogP contribution in [0.3, 0.4) is 0 Å². The minimum atomic E-state index is -0.478. The summed E-state index contributed by atoms with van der Waals surface area (Å²) in [4.78, 5) is 26.2. The summed E-state index contributed by atoms with van der Waals surface area (Å²) in [5.74, 6) is 0.212. The second-order valence-corrected chi connectivity index (χ2v) is 6.38. The van der Waals surface area contributed by atoms with Crippen LogP contribution in [-0.4, -0.2) is 23.1 Å². The lowest BCUT2D eigenvalue weighted by Gasteiger charge is -2.19. The number of nitrogens with zero attached hydrogens (tertiary/aromatic N) is 1. The number of carbonyl (C=O) groups excluding carboxylic acids is 2. The van der Waals surface area contributed by atoms with Crippen LogP contribution in [0.4, 0.5) is 5.69 Å². The van der Waals surface area contributed by atoms with E-state index in [2.05, 4.69) is 15.9 Å². The van der Waals surface area contributed by atoms with Crippen LogP contribution in [0.2, 0.25) is 0 Å². The first kappa shape index (κ1) is 12.9. The zero-order chi connectivity index (χ0) is 13.8. The Morgan fingerprint density at radius 2 is 2.11 bits per heavy atom. The first-order valence-corrected chi connectivity index (χ1v) is 7.66. The van der Waals surface area contributed by atoms with Gasteiger partial charge in [0.15, 0.2) is 5.78 Å².